The van der Waals surface area contributed by atoms with Crippen LogP contribution in [0.1, 0.15) is 47.5 Å². The van der Waals surface area contributed by atoms with Crippen LogP contribution in [0.15, 0.2) is 12.2 Å². The third-order valence-electron chi connectivity index (χ3n) is 5.99. The molecule has 2 heterocycles. The smallest absolute Gasteiger partial charge is 0.329 e. The summed E-state index contributed by atoms with van der Waals surface area (Å²) >= 11 is 5.53. The van der Waals surface area contributed by atoms with Crippen LogP contribution >= 0.6 is 24.4 Å². The molecule has 0 aromatic heterocycles. The van der Waals surface area contributed by atoms with Gasteiger partial charge in [0.05, 0.1) is 6.42 Å². The van der Waals surface area contributed by atoms with Crippen molar-refractivity contribution in [2.45, 2.75) is 83.0 Å². The van der Waals surface area contributed by atoms with Crippen molar-refractivity contribution < 1.29 is 28.7 Å². The van der Waals surface area contributed by atoms with Crippen LogP contribution in [0.2, 0.25) is 0 Å². The number of allylic oxidation sites excluding steroid dienone is 1. The van der Waals surface area contributed by atoms with Gasteiger partial charge in [0.1, 0.15) is 30.3 Å². The van der Waals surface area contributed by atoms with Gasteiger partial charge in [0.25, 0.3) is 0 Å². The lowest BCUT2D eigenvalue weighted by Gasteiger charge is -2.28. The van der Waals surface area contributed by atoms with E-state index in [2.05, 4.69) is 33.9 Å². The summed E-state index contributed by atoms with van der Waals surface area (Å²) in [5, 5.41) is 10.6. The number of carbonyl (C=O) groups is 5. The molecule has 4 amide bonds. The Labute approximate surface area is 222 Å². The number of nitrogens with one attached hydrogen (secondary N) is 4. The fourth-order valence-electron chi connectivity index (χ4n) is 3.82. The molecule has 36 heavy (non-hydrogen) atoms. The zero-order valence-electron chi connectivity index (χ0n) is 21.4. The number of carbonyl (C=O) groups excluding carboxylic acids is 5. The van der Waals surface area contributed by atoms with Crippen LogP contribution in [0.25, 0.3) is 0 Å². The Balaban J connectivity index is 2.44. The minimum atomic E-state index is -0.981. The van der Waals surface area contributed by atoms with Crippen LogP contribution in [0, 0.1) is 11.8 Å². The van der Waals surface area contributed by atoms with Crippen molar-refractivity contribution in [3.8, 4) is 0 Å². The minimum Gasteiger partial charge on any atom is -0.456 e. The Morgan fingerprint density at radius 1 is 0.944 bits per heavy atom. The first-order chi connectivity index (χ1) is 16.9. The molecular formula is C24H38N4O6S2. The van der Waals surface area contributed by atoms with Gasteiger partial charge in [0.15, 0.2) is 0 Å². The molecule has 0 aromatic rings. The van der Waals surface area contributed by atoms with Gasteiger partial charge in [-0.25, -0.2) is 4.79 Å². The Kier molecular flexibility index (Phi) is 11.6. The third kappa shape index (κ3) is 8.43. The van der Waals surface area contributed by atoms with E-state index in [1.165, 1.54) is 11.8 Å². The standard InChI is InChI=1S/C24H38N4O6S2/c1-12(2)18-22(31)25-16-11-36-14(5)20(28-21(16)30)23(32)27-19(13(3)4)24(33)34-15(8-6-7-9-35)10-17(29)26-18/h6,8,12-16,18-20,35H,7,9-11H2,1-5H3,(H,25,31)(H,26,29)(H,27,32)(H,28,30). The number of esters is 1. The Hall–Kier alpha value is -2.21. The Bertz CT molecular complexity index is 866. The van der Waals surface area contributed by atoms with Crippen molar-refractivity contribution >= 4 is 54.0 Å². The van der Waals surface area contributed by atoms with E-state index in [1.54, 1.807) is 46.8 Å². The highest BCUT2D eigenvalue weighted by molar-refractivity contribution is 8.00. The predicted octanol–water partition coefficient (Wildman–Crippen LogP) is 0.565. The molecule has 0 radical (unpaired) electrons. The van der Waals surface area contributed by atoms with Gasteiger partial charge in [-0.05, 0) is 30.1 Å². The summed E-state index contributed by atoms with van der Waals surface area (Å²) in [6, 6.07) is -3.66. The van der Waals surface area contributed by atoms with Crippen LogP contribution in [-0.2, 0) is 28.7 Å². The molecule has 0 aliphatic carbocycles. The third-order valence-corrected chi connectivity index (χ3v) is 7.57. The van der Waals surface area contributed by atoms with Gasteiger partial charge in [-0.2, -0.15) is 24.4 Å². The van der Waals surface area contributed by atoms with Gasteiger partial charge >= 0.3 is 5.97 Å². The largest absolute Gasteiger partial charge is 0.456 e. The summed E-state index contributed by atoms with van der Waals surface area (Å²) in [5.41, 5.74) is 0. The molecule has 6 atom stereocenters. The van der Waals surface area contributed by atoms with E-state index >= 15 is 0 Å². The number of hydrogen-bond acceptors (Lipinski definition) is 8. The molecule has 2 saturated heterocycles. The SMILES string of the molecule is CC(C)C1NC(=O)CC(C=CCCS)OC(=O)C(C(C)C)NC(=O)C2NC(=O)C(CSC2C)NC1=O. The van der Waals surface area contributed by atoms with Crippen molar-refractivity contribution in [2.24, 2.45) is 11.8 Å². The van der Waals surface area contributed by atoms with Gasteiger partial charge in [-0.1, -0.05) is 40.7 Å². The highest BCUT2D eigenvalue weighted by Gasteiger charge is 2.39. The predicted molar refractivity (Wildman–Crippen MR) is 141 cm³/mol. The number of hydrogen-bond donors (Lipinski definition) is 5. The lowest BCUT2D eigenvalue weighted by molar-refractivity contribution is -0.153. The van der Waals surface area contributed by atoms with E-state index in [0.717, 1.165) is 0 Å². The summed E-state index contributed by atoms with van der Waals surface area (Å²) in [6.07, 6.45) is 2.89. The maximum atomic E-state index is 13.2. The lowest BCUT2D eigenvalue weighted by Crippen LogP contribution is -2.59. The summed E-state index contributed by atoms with van der Waals surface area (Å²) in [7, 11) is 0. The molecule has 2 rings (SSSR count). The average molecular weight is 543 g/mol. The molecule has 6 unspecified atom stereocenters. The summed E-state index contributed by atoms with van der Waals surface area (Å²) in [5.74, 6) is -2.42. The molecule has 0 spiro atoms. The van der Waals surface area contributed by atoms with Crippen molar-refractivity contribution in [3.05, 3.63) is 12.2 Å². The second-order valence-corrected chi connectivity index (χ2v) is 11.6. The first-order valence-corrected chi connectivity index (χ1v) is 13.9. The van der Waals surface area contributed by atoms with E-state index in [4.69, 9.17) is 4.74 Å². The molecule has 2 aliphatic heterocycles. The topological polar surface area (TPSA) is 143 Å². The molecule has 2 bridgehead atoms. The maximum Gasteiger partial charge on any atom is 0.329 e. The maximum absolute atomic E-state index is 13.2. The molecule has 12 heteroatoms. The van der Waals surface area contributed by atoms with E-state index < -0.39 is 59.9 Å². The quantitative estimate of drug-likeness (QED) is 0.194. The normalized spacial score (nSPS) is 31.1. The molecule has 2 fully saturated rings. The molecule has 0 aromatic carbocycles. The van der Waals surface area contributed by atoms with E-state index in [0.29, 0.717) is 12.2 Å². The highest BCUT2D eigenvalue weighted by atomic mass is 32.2. The molecule has 202 valence electrons. The van der Waals surface area contributed by atoms with Crippen molar-refractivity contribution in [3.63, 3.8) is 0 Å². The van der Waals surface area contributed by atoms with Crippen molar-refractivity contribution in [2.75, 3.05) is 11.5 Å². The Morgan fingerprint density at radius 3 is 2.22 bits per heavy atom. The number of cyclic esters (lactones) is 1. The number of fused-ring (bicyclic) bond motifs is 3. The van der Waals surface area contributed by atoms with E-state index in [-0.39, 0.29) is 29.3 Å². The molecule has 4 N–H and O–H groups in total. The van der Waals surface area contributed by atoms with Crippen LogP contribution in [0.5, 0.6) is 0 Å². The van der Waals surface area contributed by atoms with Crippen molar-refractivity contribution in [1.29, 1.82) is 0 Å². The van der Waals surface area contributed by atoms with Crippen molar-refractivity contribution in [1.82, 2.24) is 21.3 Å². The second kappa shape index (κ2) is 13.9. The first-order valence-electron chi connectivity index (χ1n) is 12.2. The zero-order chi connectivity index (χ0) is 27.0. The Morgan fingerprint density at radius 2 is 1.61 bits per heavy atom. The minimum absolute atomic E-state index is 0.205. The fraction of sp³-hybridized carbons (Fsp3) is 0.708. The van der Waals surface area contributed by atoms with Gasteiger partial charge < -0.3 is 26.0 Å². The summed E-state index contributed by atoms with van der Waals surface area (Å²) < 4.78 is 5.65. The van der Waals surface area contributed by atoms with Crippen LogP contribution < -0.4 is 21.3 Å². The second-order valence-electron chi connectivity index (χ2n) is 9.73. The summed E-state index contributed by atoms with van der Waals surface area (Å²) in [6.45, 7) is 8.90. The molecule has 10 nitrogen and oxygen atoms in total. The number of amides is 4. The highest BCUT2D eigenvalue weighted by Crippen LogP contribution is 2.21. The number of thiol groups is 1. The fourth-order valence-corrected chi connectivity index (χ4v) is 5.09. The van der Waals surface area contributed by atoms with Crippen LogP contribution in [0.3, 0.4) is 0 Å². The van der Waals surface area contributed by atoms with Gasteiger partial charge in [0, 0.05) is 11.0 Å². The molecule has 2 aliphatic rings. The number of rotatable bonds is 5. The number of thioether (sulfide) groups is 1. The van der Waals surface area contributed by atoms with Gasteiger partial charge in [-0.3, -0.25) is 19.2 Å². The average Bonchev–Trinajstić information content (AvgIpc) is 2.93. The van der Waals surface area contributed by atoms with Crippen LogP contribution in [-0.4, -0.2) is 76.6 Å². The van der Waals surface area contributed by atoms with Gasteiger partial charge in [0.2, 0.25) is 23.6 Å². The van der Waals surface area contributed by atoms with E-state index in [1.807, 2.05) is 0 Å². The van der Waals surface area contributed by atoms with Gasteiger partial charge in [-0.15, -0.1) is 0 Å². The first kappa shape index (κ1) is 30.0. The number of ether oxygens (including phenoxy) is 1. The van der Waals surface area contributed by atoms with E-state index in [9.17, 15) is 24.0 Å². The monoisotopic (exact) mass is 542 g/mol. The zero-order valence-corrected chi connectivity index (χ0v) is 23.1. The molecular weight excluding hydrogens is 504 g/mol. The van der Waals surface area contributed by atoms with Crippen LogP contribution in [0.4, 0.5) is 0 Å². The lowest BCUT2D eigenvalue weighted by atomic mass is 10.0. The summed E-state index contributed by atoms with van der Waals surface area (Å²) in [4.78, 5) is 65.1. The molecule has 0 saturated carbocycles.